The zero-order chi connectivity index (χ0) is 13.0. The van der Waals surface area contributed by atoms with Crippen LogP contribution in [-0.2, 0) is 18.4 Å². The van der Waals surface area contributed by atoms with Crippen LogP contribution in [0, 0.1) is 0 Å². The number of aromatic nitrogens is 2. The molecule has 0 N–H and O–H groups in total. The van der Waals surface area contributed by atoms with Crippen molar-refractivity contribution in [3.63, 3.8) is 0 Å². The summed E-state index contributed by atoms with van der Waals surface area (Å²) in [5.41, 5.74) is 2.07. The van der Waals surface area contributed by atoms with E-state index in [1.54, 1.807) is 17.0 Å². The first-order chi connectivity index (χ1) is 7.90. The van der Waals surface area contributed by atoms with Gasteiger partial charge >= 0.3 is 0 Å². The van der Waals surface area contributed by atoms with Crippen molar-refractivity contribution >= 4 is 5.91 Å². The molecule has 0 unspecified atom stereocenters. The fourth-order valence-corrected chi connectivity index (χ4v) is 1.60. The summed E-state index contributed by atoms with van der Waals surface area (Å²) in [4.78, 5) is 13.9. The van der Waals surface area contributed by atoms with Gasteiger partial charge in [0, 0.05) is 37.5 Å². The average Bonchev–Trinajstić information content (AvgIpc) is 2.58. The Labute approximate surface area is 103 Å². The van der Waals surface area contributed by atoms with Crippen molar-refractivity contribution in [3.05, 3.63) is 29.6 Å². The van der Waals surface area contributed by atoms with Crippen molar-refractivity contribution in [1.29, 1.82) is 0 Å². The minimum Gasteiger partial charge on any atom is -0.332 e. The zero-order valence-corrected chi connectivity index (χ0v) is 11.3. The maximum atomic E-state index is 12.0. The third kappa shape index (κ3) is 4.06. The molecule has 0 aliphatic carbocycles. The first-order valence-corrected chi connectivity index (χ1v) is 5.83. The highest BCUT2D eigenvalue weighted by Gasteiger charge is 2.15. The second-order valence-corrected chi connectivity index (χ2v) is 4.80. The van der Waals surface area contributed by atoms with Gasteiger partial charge in [-0.1, -0.05) is 5.57 Å². The molecule has 0 bridgehead atoms. The smallest absolute Gasteiger partial charge is 0.247 e. The van der Waals surface area contributed by atoms with Gasteiger partial charge in [-0.05, 0) is 27.7 Å². The molecule has 4 nitrogen and oxygen atoms in total. The number of carbonyl (C=O) groups is 1. The van der Waals surface area contributed by atoms with Crippen LogP contribution in [0.2, 0.25) is 0 Å². The molecule has 1 rings (SSSR count). The van der Waals surface area contributed by atoms with E-state index in [1.807, 2.05) is 45.8 Å². The SMILES string of the molecule is CC(C)=CC(=O)N(Cc1cnn(C)c1)C(C)C. The van der Waals surface area contributed by atoms with Crippen LogP contribution in [0.15, 0.2) is 24.0 Å². The van der Waals surface area contributed by atoms with Gasteiger partial charge in [0.2, 0.25) is 5.91 Å². The van der Waals surface area contributed by atoms with Gasteiger partial charge in [-0.2, -0.15) is 5.10 Å². The largest absolute Gasteiger partial charge is 0.332 e. The Hall–Kier alpha value is -1.58. The number of allylic oxidation sites excluding steroid dienone is 1. The predicted molar refractivity (Wildman–Crippen MR) is 68.3 cm³/mol. The van der Waals surface area contributed by atoms with Gasteiger partial charge in [0.05, 0.1) is 6.20 Å². The van der Waals surface area contributed by atoms with E-state index in [-0.39, 0.29) is 11.9 Å². The Bertz CT molecular complexity index is 414. The molecular weight excluding hydrogens is 214 g/mol. The lowest BCUT2D eigenvalue weighted by Gasteiger charge is -2.25. The Kier molecular flexibility index (Phi) is 4.49. The summed E-state index contributed by atoms with van der Waals surface area (Å²) in [6.45, 7) is 8.51. The van der Waals surface area contributed by atoms with Gasteiger partial charge in [-0.3, -0.25) is 9.48 Å². The molecule has 94 valence electrons. The molecule has 0 saturated carbocycles. The van der Waals surface area contributed by atoms with Crippen LogP contribution in [0.4, 0.5) is 0 Å². The van der Waals surface area contributed by atoms with Gasteiger partial charge in [0.25, 0.3) is 0 Å². The highest BCUT2D eigenvalue weighted by atomic mass is 16.2. The van der Waals surface area contributed by atoms with E-state index in [0.29, 0.717) is 6.54 Å². The van der Waals surface area contributed by atoms with Crippen molar-refractivity contribution in [2.45, 2.75) is 40.3 Å². The average molecular weight is 235 g/mol. The maximum Gasteiger partial charge on any atom is 0.247 e. The monoisotopic (exact) mass is 235 g/mol. The molecule has 1 aromatic rings. The van der Waals surface area contributed by atoms with Crippen molar-refractivity contribution in [3.8, 4) is 0 Å². The fraction of sp³-hybridized carbons (Fsp3) is 0.538. The van der Waals surface area contributed by atoms with Crippen LogP contribution in [0.3, 0.4) is 0 Å². The molecule has 0 spiro atoms. The maximum absolute atomic E-state index is 12.0. The van der Waals surface area contributed by atoms with Crippen molar-refractivity contribution in [2.24, 2.45) is 7.05 Å². The lowest BCUT2D eigenvalue weighted by atomic mass is 10.2. The highest BCUT2D eigenvalue weighted by molar-refractivity contribution is 5.88. The number of nitrogens with zero attached hydrogens (tertiary/aromatic N) is 3. The first-order valence-electron chi connectivity index (χ1n) is 5.83. The van der Waals surface area contributed by atoms with Crippen LogP contribution in [0.25, 0.3) is 0 Å². The Morgan fingerprint density at radius 1 is 1.53 bits per heavy atom. The quantitative estimate of drug-likeness (QED) is 0.750. The Balaban J connectivity index is 2.80. The van der Waals surface area contributed by atoms with Crippen LogP contribution >= 0.6 is 0 Å². The second kappa shape index (κ2) is 5.66. The van der Waals surface area contributed by atoms with Gasteiger partial charge in [-0.25, -0.2) is 0 Å². The van der Waals surface area contributed by atoms with E-state index in [0.717, 1.165) is 11.1 Å². The van der Waals surface area contributed by atoms with Gasteiger partial charge < -0.3 is 4.90 Å². The van der Waals surface area contributed by atoms with E-state index >= 15 is 0 Å². The summed E-state index contributed by atoms with van der Waals surface area (Å²) in [7, 11) is 1.88. The van der Waals surface area contributed by atoms with E-state index < -0.39 is 0 Å². The molecule has 0 aromatic carbocycles. The van der Waals surface area contributed by atoms with Crippen molar-refractivity contribution in [2.75, 3.05) is 0 Å². The summed E-state index contributed by atoms with van der Waals surface area (Å²) >= 11 is 0. The molecule has 0 atom stereocenters. The Morgan fingerprint density at radius 3 is 2.59 bits per heavy atom. The topological polar surface area (TPSA) is 38.1 Å². The van der Waals surface area contributed by atoms with E-state index in [1.165, 1.54) is 0 Å². The molecular formula is C13H21N3O. The van der Waals surface area contributed by atoms with Crippen LogP contribution in [-0.4, -0.2) is 26.6 Å². The summed E-state index contributed by atoms with van der Waals surface area (Å²) < 4.78 is 1.75. The molecule has 0 fully saturated rings. The number of amides is 1. The van der Waals surface area contributed by atoms with Crippen molar-refractivity contribution in [1.82, 2.24) is 14.7 Å². The second-order valence-electron chi connectivity index (χ2n) is 4.80. The van der Waals surface area contributed by atoms with Gasteiger partial charge in [-0.15, -0.1) is 0 Å². The first kappa shape index (κ1) is 13.5. The molecule has 1 amide bonds. The third-order valence-corrected chi connectivity index (χ3v) is 2.43. The Morgan fingerprint density at radius 2 is 2.18 bits per heavy atom. The van der Waals surface area contributed by atoms with Crippen molar-refractivity contribution < 1.29 is 4.79 Å². The molecule has 0 radical (unpaired) electrons. The number of hydrogen-bond acceptors (Lipinski definition) is 2. The van der Waals surface area contributed by atoms with E-state index in [9.17, 15) is 4.79 Å². The number of rotatable bonds is 4. The van der Waals surface area contributed by atoms with E-state index in [2.05, 4.69) is 5.10 Å². The molecule has 17 heavy (non-hydrogen) atoms. The van der Waals surface area contributed by atoms with Gasteiger partial charge in [0.1, 0.15) is 0 Å². The van der Waals surface area contributed by atoms with Gasteiger partial charge in [0.15, 0.2) is 0 Å². The predicted octanol–water partition coefficient (Wildman–Crippen LogP) is 2.12. The lowest BCUT2D eigenvalue weighted by molar-refractivity contribution is -0.128. The van der Waals surface area contributed by atoms with Crippen LogP contribution in [0.5, 0.6) is 0 Å². The molecule has 1 aromatic heterocycles. The molecule has 0 aliphatic rings. The lowest BCUT2D eigenvalue weighted by Crippen LogP contribution is -2.35. The number of hydrogen-bond donors (Lipinski definition) is 0. The summed E-state index contributed by atoms with van der Waals surface area (Å²) in [6, 6.07) is 0.179. The normalized spacial score (nSPS) is 10.5. The van der Waals surface area contributed by atoms with Crippen LogP contribution < -0.4 is 0 Å². The van der Waals surface area contributed by atoms with Crippen LogP contribution in [0.1, 0.15) is 33.3 Å². The summed E-state index contributed by atoms with van der Waals surface area (Å²) in [5, 5.41) is 4.11. The molecule has 0 aliphatic heterocycles. The zero-order valence-electron chi connectivity index (χ0n) is 11.3. The molecule has 4 heteroatoms. The third-order valence-electron chi connectivity index (χ3n) is 2.43. The molecule has 0 saturated heterocycles. The van der Waals surface area contributed by atoms with E-state index in [4.69, 9.17) is 0 Å². The minimum absolute atomic E-state index is 0.0591. The summed E-state index contributed by atoms with van der Waals surface area (Å²) in [5.74, 6) is 0.0591. The highest BCUT2D eigenvalue weighted by Crippen LogP contribution is 2.09. The summed E-state index contributed by atoms with van der Waals surface area (Å²) in [6.07, 6.45) is 5.41. The fourth-order valence-electron chi connectivity index (χ4n) is 1.60. The number of carbonyl (C=O) groups excluding carboxylic acids is 1. The molecule has 1 heterocycles. The number of aryl methyl sites for hydroxylation is 1. The standard InChI is InChI=1S/C13H21N3O/c1-10(2)6-13(17)16(11(3)4)9-12-7-14-15(5)8-12/h6-8,11H,9H2,1-5H3. The minimum atomic E-state index is 0.0591.